The van der Waals surface area contributed by atoms with Gasteiger partial charge in [0.2, 0.25) is 0 Å². The molecular weight excluding hydrogens is 258 g/mol. The molecule has 1 aromatic heterocycles. The van der Waals surface area contributed by atoms with E-state index in [0.29, 0.717) is 21.9 Å². The van der Waals surface area contributed by atoms with Crippen LogP contribution < -0.4 is 16.8 Å². The maximum absolute atomic E-state index is 11.4. The molecule has 2 saturated carbocycles. The number of primary amides is 1. The Bertz CT molecular complexity index is 515. The van der Waals surface area contributed by atoms with Crippen LogP contribution >= 0.6 is 11.3 Å². The Morgan fingerprint density at radius 1 is 1.47 bits per heavy atom. The van der Waals surface area contributed by atoms with Crippen LogP contribution in [-0.4, -0.2) is 12.5 Å². The van der Waals surface area contributed by atoms with Crippen LogP contribution in [0.15, 0.2) is 0 Å². The number of nitrogens with one attached hydrogen (secondary N) is 1. The molecular formula is C14H21N3OS. The number of amides is 1. The average molecular weight is 279 g/mol. The first kappa shape index (κ1) is 12.8. The molecule has 2 aliphatic carbocycles. The van der Waals surface area contributed by atoms with E-state index >= 15 is 0 Å². The third-order valence-electron chi connectivity index (χ3n) is 4.43. The van der Waals surface area contributed by atoms with Gasteiger partial charge in [-0.2, -0.15) is 0 Å². The van der Waals surface area contributed by atoms with Gasteiger partial charge in [-0.25, -0.2) is 0 Å². The lowest BCUT2D eigenvalue weighted by atomic mass is 9.70. The SMILES string of the molecule is CC1(CNc2sc(C(N)=O)c(N)c2C2CC2)CCC1. The van der Waals surface area contributed by atoms with Crippen LogP contribution in [0.1, 0.15) is 60.2 Å². The van der Waals surface area contributed by atoms with Crippen molar-refractivity contribution in [3.63, 3.8) is 0 Å². The largest absolute Gasteiger partial charge is 0.397 e. The van der Waals surface area contributed by atoms with Gasteiger partial charge in [-0.05, 0) is 37.0 Å². The number of hydrogen-bond donors (Lipinski definition) is 3. The standard InChI is InChI=1S/C14H21N3OS/c1-14(5-2-6-14)7-17-13-9(8-3-4-8)10(15)11(19-13)12(16)18/h8,17H,2-7,15H2,1H3,(H2,16,18). The van der Waals surface area contributed by atoms with Crippen LogP contribution in [0.4, 0.5) is 10.7 Å². The Morgan fingerprint density at radius 3 is 2.63 bits per heavy atom. The normalized spacial score (nSPS) is 20.9. The lowest BCUT2D eigenvalue weighted by Gasteiger charge is -2.38. The van der Waals surface area contributed by atoms with Gasteiger partial charge in [0.25, 0.3) is 5.91 Å². The zero-order valence-electron chi connectivity index (χ0n) is 11.3. The first-order chi connectivity index (χ1) is 9.00. The summed E-state index contributed by atoms with van der Waals surface area (Å²) in [6.45, 7) is 3.27. The molecule has 5 N–H and O–H groups in total. The van der Waals surface area contributed by atoms with Crippen LogP contribution in [0.25, 0.3) is 0 Å². The number of anilines is 2. The van der Waals surface area contributed by atoms with Gasteiger partial charge >= 0.3 is 0 Å². The first-order valence-corrected chi connectivity index (χ1v) is 7.78. The molecule has 4 nitrogen and oxygen atoms in total. The molecule has 0 atom stereocenters. The van der Waals surface area contributed by atoms with Crippen LogP contribution in [0, 0.1) is 5.41 Å². The van der Waals surface area contributed by atoms with Gasteiger partial charge in [0.05, 0.1) is 10.7 Å². The molecule has 2 fully saturated rings. The quantitative estimate of drug-likeness (QED) is 0.775. The predicted octanol–water partition coefficient (Wildman–Crippen LogP) is 2.91. The van der Waals surface area contributed by atoms with Crippen molar-refractivity contribution < 1.29 is 4.79 Å². The van der Waals surface area contributed by atoms with Crippen LogP contribution in [0.5, 0.6) is 0 Å². The molecule has 0 spiro atoms. The van der Waals surface area contributed by atoms with Crippen molar-refractivity contribution in [2.24, 2.45) is 11.1 Å². The summed E-state index contributed by atoms with van der Waals surface area (Å²) >= 11 is 1.43. The fourth-order valence-electron chi connectivity index (χ4n) is 2.80. The molecule has 1 amide bonds. The molecule has 5 heteroatoms. The Morgan fingerprint density at radius 2 is 2.16 bits per heavy atom. The molecule has 104 valence electrons. The average Bonchev–Trinajstić information content (AvgIpc) is 3.08. The summed E-state index contributed by atoms with van der Waals surface area (Å²) in [6, 6.07) is 0. The second-order valence-corrected chi connectivity index (χ2v) is 7.26. The van der Waals surface area contributed by atoms with Gasteiger partial charge in [0.15, 0.2) is 0 Å². The van der Waals surface area contributed by atoms with Crippen molar-refractivity contribution in [1.29, 1.82) is 0 Å². The molecule has 0 bridgehead atoms. The Hall–Kier alpha value is -1.23. The fraction of sp³-hybridized carbons (Fsp3) is 0.643. The molecule has 1 aromatic rings. The van der Waals surface area contributed by atoms with Crippen molar-refractivity contribution in [3.8, 4) is 0 Å². The number of rotatable bonds is 5. The molecule has 1 heterocycles. The monoisotopic (exact) mass is 279 g/mol. The summed E-state index contributed by atoms with van der Waals surface area (Å²) in [6.07, 6.45) is 6.23. The number of hydrogen-bond acceptors (Lipinski definition) is 4. The van der Waals surface area contributed by atoms with Crippen LogP contribution in [-0.2, 0) is 0 Å². The van der Waals surface area contributed by atoms with Gasteiger partial charge in [-0.3, -0.25) is 4.79 Å². The zero-order chi connectivity index (χ0) is 13.6. The minimum absolute atomic E-state index is 0.409. The van der Waals surface area contributed by atoms with Crippen molar-refractivity contribution in [3.05, 3.63) is 10.4 Å². The van der Waals surface area contributed by atoms with Crippen LogP contribution in [0.3, 0.4) is 0 Å². The molecule has 0 aromatic carbocycles. The summed E-state index contributed by atoms with van der Waals surface area (Å²) in [5.41, 5.74) is 13.7. The van der Waals surface area contributed by atoms with Crippen molar-refractivity contribution >= 4 is 27.9 Å². The number of thiophene rings is 1. The van der Waals surface area contributed by atoms with E-state index in [1.807, 2.05) is 0 Å². The lowest BCUT2D eigenvalue weighted by molar-refractivity contribution is 0.100. The second-order valence-electron chi connectivity index (χ2n) is 6.24. The highest BCUT2D eigenvalue weighted by molar-refractivity contribution is 7.18. The van der Waals surface area contributed by atoms with Gasteiger partial charge in [-0.15, -0.1) is 11.3 Å². The summed E-state index contributed by atoms with van der Waals surface area (Å²) in [4.78, 5) is 11.9. The topological polar surface area (TPSA) is 81.1 Å². The van der Waals surface area contributed by atoms with Gasteiger partial charge < -0.3 is 16.8 Å². The highest BCUT2D eigenvalue weighted by Gasteiger charge is 2.35. The summed E-state index contributed by atoms with van der Waals surface area (Å²) < 4.78 is 0. The van der Waals surface area contributed by atoms with Crippen molar-refractivity contribution in [1.82, 2.24) is 0 Å². The van der Waals surface area contributed by atoms with Gasteiger partial charge in [-0.1, -0.05) is 13.3 Å². The van der Waals surface area contributed by atoms with Crippen molar-refractivity contribution in [2.45, 2.75) is 44.9 Å². The Balaban J connectivity index is 1.82. The second kappa shape index (κ2) is 4.40. The van der Waals surface area contributed by atoms with E-state index in [1.165, 1.54) is 43.4 Å². The number of carbonyl (C=O) groups excluding carboxylic acids is 1. The molecule has 0 unspecified atom stereocenters. The van der Waals surface area contributed by atoms with Crippen molar-refractivity contribution in [2.75, 3.05) is 17.6 Å². The molecule has 0 radical (unpaired) electrons. The minimum atomic E-state index is -0.410. The molecule has 0 saturated heterocycles. The maximum Gasteiger partial charge on any atom is 0.260 e. The minimum Gasteiger partial charge on any atom is -0.397 e. The summed E-state index contributed by atoms with van der Waals surface area (Å²) in [5.74, 6) is 0.119. The molecule has 19 heavy (non-hydrogen) atoms. The smallest absolute Gasteiger partial charge is 0.260 e. The van der Waals surface area contributed by atoms with E-state index in [1.54, 1.807) is 0 Å². The number of nitrogens with two attached hydrogens (primary N) is 2. The Kier molecular flexibility index (Phi) is 2.96. The first-order valence-electron chi connectivity index (χ1n) is 6.96. The fourth-order valence-corrected chi connectivity index (χ4v) is 3.85. The van der Waals surface area contributed by atoms with Crippen LogP contribution in [0.2, 0.25) is 0 Å². The maximum atomic E-state index is 11.4. The number of carbonyl (C=O) groups is 1. The van der Waals surface area contributed by atoms with E-state index in [-0.39, 0.29) is 0 Å². The summed E-state index contributed by atoms with van der Waals surface area (Å²) in [5, 5.41) is 4.60. The number of nitrogen functional groups attached to an aromatic ring is 1. The molecule has 2 aliphatic rings. The highest BCUT2D eigenvalue weighted by atomic mass is 32.1. The van der Waals surface area contributed by atoms with E-state index in [4.69, 9.17) is 11.5 Å². The van der Waals surface area contributed by atoms with E-state index in [2.05, 4.69) is 12.2 Å². The van der Waals surface area contributed by atoms with E-state index in [9.17, 15) is 4.79 Å². The highest BCUT2D eigenvalue weighted by Crippen LogP contribution is 2.51. The third kappa shape index (κ3) is 2.31. The third-order valence-corrected chi connectivity index (χ3v) is 5.62. The lowest BCUT2D eigenvalue weighted by Crippen LogP contribution is -2.33. The van der Waals surface area contributed by atoms with E-state index < -0.39 is 5.91 Å². The molecule has 3 rings (SSSR count). The Labute approximate surface area is 117 Å². The summed E-state index contributed by atoms with van der Waals surface area (Å²) in [7, 11) is 0. The zero-order valence-corrected chi connectivity index (χ0v) is 12.1. The predicted molar refractivity (Wildman–Crippen MR) is 79.7 cm³/mol. The van der Waals surface area contributed by atoms with Gasteiger partial charge in [0, 0.05) is 12.1 Å². The molecule has 0 aliphatic heterocycles. The van der Waals surface area contributed by atoms with Gasteiger partial charge in [0.1, 0.15) is 4.88 Å². The van der Waals surface area contributed by atoms with E-state index in [0.717, 1.165) is 17.1 Å².